The predicted octanol–water partition coefficient (Wildman–Crippen LogP) is 1.58. The van der Waals surface area contributed by atoms with Crippen molar-refractivity contribution in [3.05, 3.63) is 42.7 Å². The summed E-state index contributed by atoms with van der Waals surface area (Å²) in [5.74, 6) is 0.270. The van der Waals surface area contributed by atoms with Gasteiger partial charge in [-0.25, -0.2) is 18.4 Å². The first-order valence-corrected chi connectivity index (χ1v) is 13.9. The second-order valence-corrected chi connectivity index (χ2v) is 10.9. The van der Waals surface area contributed by atoms with Crippen molar-refractivity contribution in [2.24, 2.45) is 0 Å². The van der Waals surface area contributed by atoms with Crippen molar-refractivity contribution in [2.75, 3.05) is 77.0 Å². The van der Waals surface area contributed by atoms with Crippen molar-refractivity contribution >= 4 is 26.7 Å². The van der Waals surface area contributed by atoms with E-state index in [0.717, 1.165) is 37.6 Å². The molecule has 37 heavy (non-hydrogen) atoms. The Labute approximate surface area is 216 Å². The summed E-state index contributed by atoms with van der Waals surface area (Å²) in [6, 6.07) is 10.1. The molecule has 0 saturated carbocycles. The number of morpholine rings is 2. The van der Waals surface area contributed by atoms with Crippen molar-refractivity contribution in [2.45, 2.75) is 6.10 Å². The molecule has 0 aliphatic carbocycles. The van der Waals surface area contributed by atoms with E-state index in [1.807, 2.05) is 18.2 Å². The topological polar surface area (TPSA) is 116 Å². The van der Waals surface area contributed by atoms with E-state index in [-0.39, 0.29) is 25.5 Å². The van der Waals surface area contributed by atoms with E-state index in [0.29, 0.717) is 35.8 Å². The van der Waals surface area contributed by atoms with Gasteiger partial charge in [0.05, 0.1) is 43.4 Å². The molecule has 2 aromatic heterocycles. The molecule has 11 nitrogen and oxygen atoms in total. The van der Waals surface area contributed by atoms with Crippen molar-refractivity contribution in [3.8, 4) is 17.1 Å². The number of methoxy groups -OCH3 is 1. The summed E-state index contributed by atoms with van der Waals surface area (Å²) in [4.78, 5) is 15.9. The number of hydrogen-bond acceptors (Lipinski definition) is 10. The summed E-state index contributed by atoms with van der Waals surface area (Å²) >= 11 is 0. The van der Waals surface area contributed by atoms with Crippen LogP contribution in [0.4, 0.5) is 5.69 Å². The monoisotopic (exact) mass is 529 g/mol. The molecule has 2 fully saturated rings. The van der Waals surface area contributed by atoms with Crippen LogP contribution in [0.5, 0.6) is 5.88 Å². The van der Waals surface area contributed by atoms with Gasteiger partial charge >= 0.3 is 0 Å². The predicted molar refractivity (Wildman–Crippen MR) is 138 cm³/mol. The van der Waals surface area contributed by atoms with E-state index in [1.54, 1.807) is 12.4 Å². The molecular weight excluding hydrogens is 498 g/mol. The quantitative estimate of drug-likeness (QED) is 0.405. The molecule has 2 saturated heterocycles. The van der Waals surface area contributed by atoms with Crippen LogP contribution in [0, 0.1) is 0 Å². The highest BCUT2D eigenvalue weighted by Crippen LogP contribution is 2.29. The van der Waals surface area contributed by atoms with E-state index < -0.39 is 16.1 Å². The molecule has 12 heteroatoms. The minimum Gasteiger partial charge on any atom is -0.473 e. The average molecular weight is 530 g/mol. The Morgan fingerprint density at radius 3 is 2.62 bits per heavy atom. The van der Waals surface area contributed by atoms with Gasteiger partial charge in [-0.1, -0.05) is 12.1 Å². The molecule has 1 atom stereocenters. The van der Waals surface area contributed by atoms with Crippen LogP contribution >= 0.6 is 0 Å². The molecule has 5 rings (SSSR count). The second kappa shape index (κ2) is 11.7. The lowest BCUT2D eigenvalue weighted by Gasteiger charge is -2.31. The van der Waals surface area contributed by atoms with Gasteiger partial charge in [0, 0.05) is 56.9 Å². The van der Waals surface area contributed by atoms with Crippen molar-refractivity contribution in [1.29, 1.82) is 0 Å². The lowest BCUT2D eigenvalue weighted by Crippen LogP contribution is -2.48. The molecule has 0 bridgehead atoms. The fourth-order valence-corrected chi connectivity index (χ4v) is 5.77. The fraction of sp³-hybridized carbons (Fsp3) is 0.480. The van der Waals surface area contributed by atoms with E-state index in [2.05, 4.69) is 27.0 Å². The van der Waals surface area contributed by atoms with Gasteiger partial charge in [0.1, 0.15) is 12.7 Å². The number of ether oxygens (including phenoxy) is 4. The Bertz CT molecular complexity index is 1300. The van der Waals surface area contributed by atoms with Gasteiger partial charge in [-0.15, -0.1) is 0 Å². The highest BCUT2D eigenvalue weighted by atomic mass is 32.2. The van der Waals surface area contributed by atoms with Gasteiger partial charge < -0.3 is 23.8 Å². The summed E-state index contributed by atoms with van der Waals surface area (Å²) in [5.41, 5.74) is 3.98. The summed E-state index contributed by atoms with van der Waals surface area (Å²) < 4.78 is 48.8. The molecule has 2 aliphatic rings. The number of hydrogen-bond donors (Lipinski definition) is 0. The van der Waals surface area contributed by atoms with Gasteiger partial charge in [-0.3, -0.25) is 4.98 Å². The van der Waals surface area contributed by atoms with Crippen LogP contribution in [-0.4, -0.2) is 106 Å². The van der Waals surface area contributed by atoms with Gasteiger partial charge in [0.2, 0.25) is 15.9 Å². The van der Waals surface area contributed by atoms with Gasteiger partial charge in [0.25, 0.3) is 0 Å². The Morgan fingerprint density at radius 2 is 1.84 bits per heavy atom. The Morgan fingerprint density at radius 1 is 1.05 bits per heavy atom. The Kier molecular flexibility index (Phi) is 8.11. The normalized spacial score (nSPS) is 19.3. The Hall–Kier alpha value is -2.90. The zero-order chi connectivity index (χ0) is 25.7. The number of nitrogens with zero attached hydrogens (tertiary/aromatic N) is 5. The van der Waals surface area contributed by atoms with E-state index in [9.17, 15) is 8.42 Å². The molecule has 3 aromatic rings. The van der Waals surface area contributed by atoms with Crippen LogP contribution in [-0.2, 0) is 24.2 Å². The van der Waals surface area contributed by atoms with E-state index >= 15 is 0 Å². The molecule has 0 radical (unpaired) electrons. The lowest BCUT2D eigenvalue weighted by molar-refractivity contribution is -0.0255. The minimum atomic E-state index is -3.43. The van der Waals surface area contributed by atoms with Gasteiger partial charge in [-0.05, 0) is 18.2 Å². The summed E-state index contributed by atoms with van der Waals surface area (Å²) in [6.07, 6.45) is 2.79. The molecule has 0 N–H and O–H groups in total. The molecular formula is C25H31N5O6S. The highest BCUT2D eigenvalue weighted by molar-refractivity contribution is 7.89. The third-order valence-corrected chi connectivity index (χ3v) is 8.21. The van der Waals surface area contributed by atoms with Crippen LogP contribution in [0.2, 0.25) is 0 Å². The third-order valence-electron chi connectivity index (χ3n) is 6.41. The standard InChI is InChI=1S/C25H31N5O6S/c1-33-14-15-37(31,32)30-10-13-35-21(17-30)18-36-25-24-23(26-6-7-27-24)16-22(28-25)19-2-4-20(5-3-19)29-8-11-34-12-9-29/h2-7,16,21H,8-15,17-18H2,1H3. The van der Waals surface area contributed by atoms with Crippen LogP contribution < -0.4 is 9.64 Å². The number of benzene rings is 1. The molecule has 0 spiro atoms. The maximum Gasteiger partial charge on any atom is 0.242 e. The number of pyridine rings is 1. The number of sulfonamides is 1. The summed E-state index contributed by atoms with van der Waals surface area (Å²) in [5, 5.41) is 0. The SMILES string of the molecule is COCCS(=O)(=O)N1CCOC(COc2nc(-c3ccc(N4CCOCC4)cc3)cc3nccnc23)C1. The van der Waals surface area contributed by atoms with Gasteiger partial charge in [0.15, 0.2) is 5.52 Å². The van der Waals surface area contributed by atoms with Crippen LogP contribution in [0.25, 0.3) is 22.3 Å². The first-order valence-electron chi connectivity index (χ1n) is 12.3. The zero-order valence-electron chi connectivity index (χ0n) is 20.8. The molecule has 1 aromatic carbocycles. The average Bonchev–Trinajstić information content (AvgIpc) is 2.95. The highest BCUT2D eigenvalue weighted by Gasteiger charge is 2.30. The second-order valence-electron chi connectivity index (χ2n) is 8.85. The zero-order valence-corrected chi connectivity index (χ0v) is 21.6. The van der Waals surface area contributed by atoms with Gasteiger partial charge in [-0.2, -0.15) is 4.31 Å². The third kappa shape index (κ3) is 6.16. The van der Waals surface area contributed by atoms with Crippen LogP contribution in [0.1, 0.15) is 0 Å². The number of anilines is 1. The maximum atomic E-state index is 12.6. The van der Waals surface area contributed by atoms with Crippen molar-refractivity contribution < 1.29 is 27.4 Å². The number of rotatable bonds is 9. The lowest BCUT2D eigenvalue weighted by atomic mass is 10.1. The molecule has 2 aliphatic heterocycles. The Balaban J connectivity index is 1.33. The number of fused-ring (bicyclic) bond motifs is 1. The van der Waals surface area contributed by atoms with Crippen molar-refractivity contribution in [1.82, 2.24) is 19.3 Å². The smallest absolute Gasteiger partial charge is 0.242 e. The summed E-state index contributed by atoms with van der Waals surface area (Å²) in [7, 11) is -1.94. The first-order chi connectivity index (χ1) is 18.0. The summed E-state index contributed by atoms with van der Waals surface area (Å²) in [6.45, 7) is 4.30. The first kappa shape index (κ1) is 25.7. The maximum absolute atomic E-state index is 12.6. The van der Waals surface area contributed by atoms with Crippen molar-refractivity contribution in [3.63, 3.8) is 0 Å². The van der Waals surface area contributed by atoms with Crippen LogP contribution in [0.15, 0.2) is 42.7 Å². The molecule has 198 valence electrons. The number of aromatic nitrogens is 3. The largest absolute Gasteiger partial charge is 0.473 e. The van der Waals surface area contributed by atoms with Crippen LogP contribution in [0.3, 0.4) is 0 Å². The molecule has 4 heterocycles. The molecule has 0 amide bonds. The minimum absolute atomic E-state index is 0.0643. The fourth-order valence-electron chi connectivity index (χ4n) is 4.39. The van der Waals surface area contributed by atoms with E-state index in [4.69, 9.17) is 23.9 Å². The molecule has 1 unspecified atom stereocenters. The van der Waals surface area contributed by atoms with E-state index in [1.165, 1.54) is 11.4 Å².